The molecule has 1 unspecified atom stereocenters. The summed E-state index contributed by atoms with van der Waals surface area (Å²) in [5.74, 6) is 0.278. The van der Waals surface area contributed by atoms with Gasteiger partial charge in [-0.25, -0.2) is 4.99 Å². The third-order valence-corrected chi connectivity index (χ3v) is 2.82. The Morgan fingerprint density at radius 3 is 2.65 bits per heavy atom. The number of aliphatic imine (C=N–C) groups is 1. The van der Waals surface area contributed by atoms with Crippen LogP contribution in [-0.2, 0) is 4.74 Å². The fourth-order valence-corrected chi connectivity index (χ4v) is 1.87. The van der Waals surface area contributed by atoms with Gasteiger partial charge in [0.25, 0.3) is 0 Å². The number of hydrogen-bond acceptors (Lipinski definition) is 8. The molecule has 0 aliphatic carbocycles. The Bertz CT molecular complexity index is 348. The summed E-state index contributed by atoms with van der Waals surface area (Å²) in [5, 5.41) is 28.4. The molecular weight excluding hydrogens is 228 g/mol. The van der Waals surface area contributed by atoms with Gasteiger partial charge in [-0.05, 0) is 6.08 Å². The zero-order valence-electron chi connectivity index (χ0n) is 9.05. The Morgan fingerprint density at radius 1 is 1.41 bits per heavy atom. The van der Waals surface area contributed by atoms with Crippen LogP contribution in [-0.4, -0.2) is 63.5 Å². The van der Waals surface area contributed by atoms with Gasteiger partial charge in [-0.2, -0.15) is 0 Å². The van der Waals surface area contributed by atoms with E-state index in [2.05, 4.69) is 4.99 Å². The van der Waals surface area contributed by atoms with Gasteiger partial charge in [0.1, 0.15) is 24.1 Å². The molecule has 2 rings (SSSR count). The van der Waals surface area contributed by atoms with Gasteiger partial charge in [-0.15, -0.1) is 0 Å². The van der Waals surface area contributed by atoms with Crippen LogP contribution in [0.25, 0.3) is 0 Å². The van der Waals surface area contributed by atoms with E-state index in [1.807, 2.05) is 0 Å². The molecule has 17 heavy (non-hydrogen) atoms. The van der Waals surface area contributed by atoms with Crippen molar-refractivity contribution in [2.24, 2.45) is 16.5 Å². The molecule has 0 spiro atoms. The molecule has 2 heterocycles. The topological polar surface area (TPSA) is 138 Å². The zero-order valence-corrected chi connectivity index (χ0v) is 9.05. The van der Waals surface area contributed by atoms with Crippen LogP contribution in [0.1, 0.15) is 0 Å². The number of aliphatic hydroxyl groups is 3. The zero-order chi connectivity index (χ0) is 12.6. The Morgan fingerprint density at radius 2 is 2.12 bits per heavy atom. The summed E-state index contributed by atoms with van der Waals surface area (Å²) in [5.41, 5.74) is 11.2. The van der Waals surface area contributed by atoms with Crippen LogP contribution in [0.4, 0.5) is 0 Å². The Kier molecular flexibility index (Phi) is 3.31. The number of ether oxygens (including phenoxy) is 1. The highest BCUT2D eigenvalue weighted by atomic mass is 16.6. The van der Waals surface area contributed by atoms with Crippen molar-refractivity contribution in [2.75, 3.05) is 6.61 Å². The molecule has 96 valence electrons. The van der Waals surface area contributed by atoms with Gasteiger partial charge in [0.2, 0.25) is 0 Å². The molecule has 5 atom stereocenters. The summed E-state index contributed by atoms with van der Waals surface area (Å²) in [6.07, 6.45) is -1.76. The molecule has 1 fully saturated rings. The van der Waals surface area contributed by atoms with Crippen molar-refractivity contribution in [1.82, 2.24) is 4.90 Å². The van der Waals surface area contributed by atoms with Crippen molar-refractivity contribution >= 4 is 5.84 Å². The number of nitrogens with zero attached hydrogens (tertiary/aromatic N) is 2. The SMILES string of the molecule is NC1=NC(N)N([C@@H]2O[C@H](CO)[C@@H](O)[C@H]2O)C=C1. The van der Waals surface area contributed by atoms with Crippen LogP contribution in [0.5, 0.6) is 0 Å². The molecular formula is C9H16N4O4. The van der Waals surface area contributed by atoms with Gasteiger partial charge in [0.05, 0.1) is 6.61 Å². The summed E-state index contributed by atoms with van der Waals surface area (Å²) < 4.78 is 5.31. The quantitative estimate of drug-likeness (QED) is 0.346. The van der Waals surface area contributed by atoms with Crippen molar-refractivity contribution in [2.45, 2.75) is 30.8 Å². The van der Waals surface area contributed by atoms with Crippen molar-refractivity contribution in [3.8, 4) is 0 Å². The van der Waals surface area contributed by atoms with E-state index < -0.39 is 30.8 Å². The van der Waals surface area contributed by atoms with Gasteiger partial charge in [0, 0.05) is 6.20 Å². The lowest BCUT2D eigenvalue weighted by Gasteiger charge is -2.33. The minimum absolute atomic E-state index is 0.278. The minimum atomic E-state index is -1.17. The van der Waals surface area contributed by atoms with Crippen LogP contribution in [0, 0.1) is 0 Å². The van der Waals surface area contributed by atoms with Gasteiger partial charge in [-0.1, -0.05) is 0 Å². The molecule has 0 saturated carbocycles. The fraction of sp³-hybridized carbons (Fsp3) is 0.667. The second-order valence-electron chi connectivity index (χ2n) is 3.96. The summed E-state index contributed by atoms with van der Waals surface area (Å²) >= 11 is 0. The third-order valence-electron chi connectivity index (χ3n) is 2.82. The fourth-order valence-electron chi connectivity index (χ4n) is 1.87. The number of hydrogen-bond donors (Lipinski definition) is 5. The van der Waals surface area contributed by atoms with Crippen LogP contribution < -0.4 is 11.5 Å². The summed E-state index contributed by atoms with van der Waals surface area (Å²) in [4.78, 5) is 5.33. The van der Waals surface area contributed by atoms with Crippen LogP contribution in [0.15, 0.2) is 17.3 Å². The Labute approximate surface area is 97.8 Å². The maximum absolute atomic E-state index is 9.80. The van der Waals surface area contributed by atoms with E-state index in [0.29, 0.717) is 0 Å². The van der Waals surface area contributed by atoms with Gasteiger partial charge >= 0.3 is 0 Å². The maximum Gasteiger partial charge on any atom is 0.177 e. The lowest BCUT2D eigenvalue weighted by molar-refractivity contribution is -0.0916. The van der Waals surface area contributed by atoms with Gasteiger partial charge in [-0.3, -0.25) is 5.73 Å². The molecule has 0 aromatic carbocycles. The number of amidine groups is 1. The van der Waals surface area contributed by atoms with Gasteiger partial charge in [0.15, 0.2) is 12.5 Å². The van der Waals surface area contributed by atoms with Crippen molar-refractivity contribution in [3.05, 3.63) is 12.3 Å². The molecule has 8 nitrogen and oxygen atoms in total. The predicted molar refractivity (Wildman–Crippen MR) is 58.3 cm³/mol. The van der Waals surface area contributed by atoms with E-state index in [1.54, 1.807) is 0 Å². The monoisotopic (exact) mass is 244 g/mol. The summed E-state index contributed by atoms with van der Waals surface area (Å²) in [7, 11) is 0. The van der Waals surface area contributed by atoms with Crippen LogP contribution in [0.2, 0.25) is 0 Å². The average Bonchev–Trinajstić information content (AvgIpc) is 2.57. The lowest BCUT2D eigenvalue weighted by Crippen LogP contribution is -2.51. The van der Waals surface area contributed by atoms with E-state index in [1.165, 1.54) is 17.2 Å². The minimum Gasteiger partial charge on any atom is -0.394 e. The molecule has 7 N–H and O–H groups in total. The van der Waals surface area contributed by atoms with E-state index in [9.17, 15) is 10.2 Å². The van der Waals surface area contributed by atoms with Crippen LogP contribution >= 0.6 is 0 Å². The molecule has 8 heteroatoms. The predicted octanol–water partition coefficient (Wildman–Crippen LogP) is -3.15. The lowest BCUT2D eigenvalue weighted by atomic mass is 10.1. The number of rotatable bonds is 2. The highest BCUT2D eigenvalue weighted by Crippen LogP contribution is 2.25. The first-order valence-electron chi connectivity index (χ1n) is 5.21. The molecule has 0 amide bonds. The standard InChI is InChI=1S/C9H16N4O4/c10-5-1-2-13(9(11)12-5)8-7(16)6(15)4(3-14)17-8/h1-2,4,6-9,14-16H,3,11H2,(H2,10,12)/t4-,6-,7-,8-,9?/m1/s1. The van der Waals surface area contributed by atoms with Crippen molar-refractivity contribution < 1.29 is 20.1 Å². The Hall–Kier alpha value is -1.19. The highest BCUT2D eigenvalue weighted by Gasteiger charge is 2.46. The molecule has 0 aromatic heterocycles. The number of nitrogens with two attached hydrogens (primary N) is 2. The molecule has 1 saturated heterocycles. The molecule has 0 aromatic rings. The normalized spacial score (nSPS) is 41.8. The average molecular weight is 244 g/mol. The molecule has 2 aliphatic rings. The second-order valence-corrected chi connectivity index (χ2v) is 3.96. The van der Waals surface area contributed by atoms with E-state index in [0.717, 1.165) is 0 Å². The van der Waals surface area contributed by atoms with E-state index in [-0.39, 0.29) is 12.4 Å². The molecule has 0 bridgehead atoms. The van der Waals surface area contributed by atoms with Crippen molar-refractivity contribution in [1.29, 1.82) is 0 Å². The first-order chi connectivity index (χ1) is 8.04. The molecule has 2 aliphatic heterocycles. The van der Waals surface area contributed by atoms with Gasteiger partial charge < -0.3 is 30.7 Å². The van der Waals surface area contributed by atoms with Crippen molar-refractivity contribution in [3.63, 3.8) is 0 Å². The summed E-state index contributed by atoms with van der Waals surface area (Å²) in [6, 6.07) is 0. The summed E-state index contributed by atoms with van der Waals surface area (Å²) in [6.45, 7) is -0.382. The number of aliphatic hydroxyl groups excluding tert-OH is 3. The largest absolute Gasteiger partial charge is 0.394 e. The smallest absolute Gasteiger partial charge is 0.177 e. The van der Waals surface area contributed by atoms with E-state index in [4.69, 9.17) is 21.3 Å². The first kappa shape index (κ1) is 12.3. The third kappa shape index (κ3) is 2.13. The first-order valence-corrected chi connectivity index (χ1v) is 5.21. The molecule has 0 radical (unpaired) electrons. The second kappa shape index (κ2) is 4.59. The Balaban J connectivity index is 2.12. The van der Waals surface area contributed by atoms with E-state index >= 15 is 0 Å². The highest BCUT2D eigenvalue weighted by molar-refractivity contribution is 5.91. The maximum atomic E-state index is 9.80. The van der Waals surface area contributed by atoms with Crippen LogP contribution in [0.3, 0.4) is 0 Å².